The lowest BCUT2D eigenvalue weighted by molar-refractivity contribution is -0.160. The predicted molar refractivity (Wildman–Crippen MR) is 82.6 cm³/mol. The van der Waals surface area contributed by atoms with Gasteiger partial charge in [-0.2, -0.15) is 5.10 Å². The van der Waals surface area contributed by atoms with Crippen LogP contribution in [0.15, 0.2) is 6.33 Å². The summed E-state index contributed by atoms with van der Waals surface area (Å²) >= 11 is 0. The molecule has 0 aromatic carbocycles. The van der Waals surface area contributed by atoms with Crippen LogP contribution in [0.1, 0.15) is 37.8 Å². The molecule has 1 spiro atoms. The van der Waals surface area contributed by atoms with Crippen molar-refractivity contribution in [3.8, 4) is 0 Å². The van der Waals surface area contributed by atoms with Gasteiger partial charge >= 0.3 is 0 Å². The average molecular weight is 299 g/mol. The Labute approximate surface area is 129 Å². The number of aryl methyl sites for hydroxylation is 1. The monoisotopic (exact) mass is 299 g/mol. The summed E-state index contributed by atoms with van der Waals surface area (Å²) in [6.07, 6.45) is 7.83. The second-order valence-corrected chi connectivity index (χ2v) is 7.04. The highest BCUT2D eigenvalue weighted by Crippen LogP contribution is 2.59. The van der Waals surface area contributed by atoms with Crippen molar-refractivity contribution in [1.82, 2.24) is 20.2 Å². The van der Waals surface area contributed by atoms with Crippen LogP contribution >= 0.6 is 0 Å². The number of anilines is 1. The van der Waals surface area contributed by atoms with E-state index in [1.54, 1.807) is 6.33 Å². The zero-order valence-electron chi connectivity index (χ0n) is 12.8. The zero-order valence-corrected chi connectivity index (χ0v) is 12.8. The molecule has 22 heavy (non-hydrogen) atoms. The maximum absolute atomic E-state index is 6.22. The number of hydrogen-bond acceptors (Lipinski definition) is 5. The minimum Gasteiger partial charge on any atom is -0.374 e. The molecule has 0 radical (unpaired) electrons. The third kappa shape index (κ3) is 1.56. The van der Waals surface area contributed by atoms with Gasteiger partial charge in [0.25, 0.3) is 0 Å². The molecule has 3 fully saturated rings. The molecule has 3 aliphatic rings. The maximum atomic E-state index is 6.22. The molecule has 116 valence electrons. The SMILES string of the molecule is Cc1[nH]nc2ncnc(NC3CCCC45OCCC4CC35)c12. The Balaban J connectivity index is 1.47. The number of aromatic nitrogens is 4. The van der Waals surface area contributed by atoms with E-state index in [4.69, 9.17) is 4.74 Å². The number of hydrogen-bond donors (Lipinski definition) is 2. The minimum absolute atomic E-state index is 0.174. The van der Waals surface area contributed by atoms with Crippen molar-refractivity contribution in [3.63, 3.8) is 0 Å². The van der Waals surface area contributed by atoms with E-state index in [1.807, 2.05) is 6.92 Å². The molecule has 6 heteroatoms. The summed E-state index contributed by atoms with van der Waals surface area (Å²) in [5.41, 5.74) is 1.93. The number of aromatic amines is 1. The van der Waals surface area contributed by atoms with Gasteiger partial charge in [0.05, 0.1) is 11.0 Å². The Hall–Kier alpha value is -1.69. The average Bonchev–Trinajstić information content (AvgIpc) is 3.01. The topological polar surface area (TPSA) is 75.7 Å². The molecule has 0 bridgehead atoms. The number of nitrogens with one attached hydrogen (secondary N) is 2. The number of fused-ring (bicyclic) bond motifs is 1. The zero-order chi connectivity index (χ0) is 14.7. The van der Waals surface area contributed by atoms with Crippen molar-refractivity contribution in [2.45, 2.75) is 50.7 Å². The van der Waals surface area contributed by atoms with Gasteiger partial charge in [0.1, 0.15) is 12.1 Å². The second kappa shape index (κ2) is 4.41. The highest BCUT2D eigenvalue weighted by Gasteiger charge is 2.62. The lowest BCUT2D eigenvalue weighted by atomic mass is 9.53. The molecule has 4 unspecified atom stereocenters. The number of nitrogens with zero attached hydrogens (tertiary/aromatic N) is 3. The van der Waals surface area contributed by atoms with E-state index in [2.05, 4.69) is 25.5 Å². The molecule has 2 aromatic rings. The molecule has 2 aliphatic carbocycles. The van der Waals surface area contributed by atoms with E-state index in [0.29, 0.717) is 12.0 Å². The van der Waals surface area contributed by atoms with Crippen LogP contribution in [0.25, 0.3) is 11.0 Å². The van der Waals surface area contributed by atoms with E-state index >= 15 is 0 Å². The van der Waals surface area contributed by atoms with Crippen LogP contribution < -0.4 is 5.32 Å². The summed E-state index contributed by atoms with van der Waals surface area (Å²) in [5.74, 6) is 2.34. The third-order valence-electron chi connectivity index (χ3n) is 6.12. The number of H-pyrrole nitrogens is 1. The Morgan fingerprint density at radius 1 is 1.36 bits per heavy atom. The number of ether oxygens (including phenoxy) is 1. The molecule has 1 saturated heterocycles. The standard InChI is InChI=1S/C16H21N5O/c1-9-13-14(17-8-18-15(13)21-20-9)19-12-3-2-5-16-10(4-6-22-16)7-11(12)16/h8,10-12H,2-7H2,1H3,(H2,17,18,19,20,21). The van der Waals surface area contributed by atoms with Crippen molar-refractivity contribution in [3.05, 3.63) is 12.0 Å². The third-order valence-corrected chi connectivity index (χ3v) is 6.12. The van der Waals surface area contributed by atoms with Crippen LogP contribution in [-0.4, -0.2) is 38.4 Å². The highest BCUT2D eigenvalue weighted by atomic mass is 16.5. The summed E-state index contributed by atoms with van der Waals surface area (Å²) in [5, 5.41) is 12.0. The number of rotatable bonds is 2. The van der Waals surface area contributed by atoms with E-state index in [-0.39, 0.29) is 5.60 Å². The van der Waals surface area contributed by atoms with Gasteiger partial charge in [-0.1, -0.05) is 0 Å². The molecule has 3 heterocycles. The van der Waals surface area contributed by atoms with Crippen LogP contribution in [0.3, 0.4) is 0 Å². The molecule has 1 aliphatic heterocycles. The van der Waals surface area contributed by atoms with Crippen molar-refractivity contribution >= 4 is 16.9 Å². The van der Waals surface area contributed by atoms with Crippen molar-refractivity contribution in [2.75, 3.05) is 11.9 Å². The van der Waals surface area contributed by atoms with Crippen molar-refractivity contribution in [1.29, 1.82) is 0 Å². The largest absolute Gasteiger partial charge is 0.374 e. The smallest absolute Gasteiger partial charge is 0.186 e. The van der Waals surface area contributed by atoms with Gasteiger partial charge in [0.2, 0.25) is 0 Å². The first-order valence-electron chi connectivity index (χ1n) is 8.34. The van der Waals surface area contributed by atoms with Crippen LogP contribution in [0.5, 0.6) is 0 Å². The van der Waals surface area contributed by atoms with E-state index in [0.717, 1.165) is 35.1 Å². The summed E-state index contributed by atoms with van der Waals surface area (Å²) in [4.78, 5) is 8.72. The molecular weight excluding hydrogens is 278 g/mol. The Bertz CT molecular complexity index is 728. The maximum Gasteiger partial charge on any atom is 0.186 e. The van der Waals surface area contributed by atoms with Crippen molar-refractivity contribution < 1.29 is 4.74 Å². The van der Waals surface area contributed by atoms with Gasteiger partial charge in [0, 0.05) is 24.3 Å². The molecular formula is C16H21N5O. The fraction of sp³-hybridized carbons (Fsp3) is 0.688. The summed E-state index contributed by atoms with van der Waals surface area (Å²) in [7, 11) is 0. The molecule has 0 amide bonds. The van der Waals surface area contributed by atoms with Gasteiger partial charge in [-0.05, 0) is 44.9 Å². The van der Waals surface area contributed by atoms with Gasteiger partial charge in [-0.15, -0.1) is 0 Å². The van der Waals surface area contributed by atoms with Gasteiger partial charge in [0.15, 0.2) is 5.65 Å². The van der Waals surface area contributed by atoms with Crippen LogP contribution in [-0.2, 0) is 4.74 Å². The molecule has 2 N–H and O–H groups in total. The van der Waals surface area contributed by atoms with E-state index in [1.165, 1.54) is 32.1 Å². The van der Waals surface area contributed by atoms with Crippen molar-refractivity contribution in [2.24, 2.45) is 11.8 Å². The Morgan fingerprint density at radius 3 is 3.23 bits per heavy atom. The molecule has 5 rings (SSSR count). The first-order chi connectivity index (χ1) is 10.8. The normalized spacial score (nSPS) is 36.7. The molecule has 2 aromatic heterocycles. The lowest BCUT2D eigenvalue weighted by Gasteiger charge is -2.57. The lowest BCUT2D eigenvalue weighted by Crippen LogP contribution is -2.61. The van der Waals surface area contributed by atoms with E-state index < -0.39 is 0 Å². The second-order valence-electron chi connectivity index (χ2n) is 7.04. The van der Waals surface area contributed by atoms with Gasteiger partial charge in [-0.3, -0.25) is 5.10 Å². The highest BCUT2D eigenvalue weighted by molar-refractivity contribution is 5.88. The fourth-order valence-electron chi connectivity index (χ4n) is 5.05. The molecule has 2 saturated carbocycles. The Kier molecular flexibility index (Phi) is 2.57. The minimum atomic E-state index is 0.174. The first-order valence-corrected chi connectivity index (χ1v) is 8.34. The molecule has 6 nitrogen and oxygen atoms in total. The quantitative estimate of drug-likeness (QED) is 0.890. The first kappa shape index (κ1) is 12.8. The predicted octanol–water partition coefficient (Wildman–Crippen LogP) is 2.42. The summed E-state index contributed by atoms with van der Waals surface area (Å²) in [6.45, 7) is 2.97. The fourth-order valence-corrected chi connectivity index (χ4v) is 5.05. The summed E-state index contributed by atoms with van der Waals surface area (Å²) < 4.78 is 6.22. The van der Waals surface area contributed by atoms with Gasteiger partial charge < -0.3 is 10.1 Å². The van der Waals surface area contributed by atoms with Gasteiger partial charge in [-0.25, -0.2) is 9.97 Å². The van der Waals surface area contributed by atoms with Crippen LogP contribution in [0.2, 0.25) is 0 Å². The molecule has 4 atom stereocenters. The Morgan fingerprint density at radius 2 is 2.32 bits per heavy atom. The van der Waals surface area contributed by atoms with Crippen LogP contribution in [0, 0.1) is 18.8 Å². The summed E-state index contributed by atoms with van der Waals surface area (Å²) in [6, 6.07) is 0.454. The van der Waals surface area contributed by atoms with E-state index in [9.17, 15) is 0 Å². The van der Waals surface area contributed by atoms with Crippen LogP contribution in [0.4, 0.5) is 5.82 Å².